The van der Waals surface area contributed by atoms with Crippen LogP contribution in [0.3, 0.4) is 0 Å². The Balaban J connectivity index is 1.78. The van der Waals surface area contributed by atoms with E-state index in [0.717, 1.165) is 25.9 Å². The maximum atomic E-state index is 5.04. The Labute approximate surface area is 138 Å². The van der Waals surface area contributed by atoms with Gasteiger partial charge in [-0.1, -0.05) is 48.0 Å². The average Bonchev–Trinajstić information content (AvgIpc) is 2.79. The zero-order valence-electron chi connectivity index (χ0n) is 13.6. The first-order valence-electron chi connectivity index (χ1n) is 8.52. The summed E-state index contributed by atoms with van der Waals surface area (Å²) in [4.78, 5) is 0. The lowest BCUT2D eigenvalue weighted by atomic mass is 9.86. The van der Waals surface area contributed by atoms with Gasteiger partial charge in [0.15, 0.2) is 0 Å². The van der Waals surface area contributed by atoms with Crippen LogP contribution in [0, 0.1) is 12.8 Å². The van der Waals surface area contributed by atoms with Gasteiger partial charge in [0.25, 0.3) is 0 Å². The Morgan fingerprint density at radius 3 is 2.74 bits per heavy atom. The molecule has 0 bridgehead atoms. The van der Waals surface area contributed by atoms with Crippen LogP contribution in [-0.4, -0.2) is 18.8 Å². The Hall–Kier alpha value is -2.13. The normalized spacial score (nSPS) is 24.0. The molecule has 0 saturated carbocycles. The molecular weight excluding hydrogens is 282 g/mol. The predicted molar refractivity (Wildman–Crippen MR) is 95.9 cm³/mol. The fourth-order valence-electron chi connectivity index (χ4n) is 3.81. The van der Waals surface area contributed by atoms with Gasteiger partial charge >= 0.3 is 0 Å². The second-order valence-electron chi connectivity index (χ2n) is 6.53. The second kappa shape index (κ2) is 6.17. The van der Waals surface area contributed by atoms with Crippen LogP contribution in [0.2, 0.25) is 0 Å². The summed E-state index contributed by atoms with van der Waals surface area (Å²) in [5.41, 5.74) is 5.23. The first-order chi connectivity index (χ1) is 11.3. The quantitative estimate of drug-likeness (QED) is 0.911. The third-order valence-corrected chi connectivity index (χ3v) is 4.90. The molecule has 0 aromatic heterocycles. The van der Waals surface area contributed by atoms with E-state index in [1.165, 1.54) is 22.5 Å². The van der Waals surface area contributed by atoms with E-state index >= 15 is 0 Å². The van der Waals surface area contributed by atoms with Crippen LogP contribution < -0.4 is 10.3 Å². The first-order valence-corrected chi connectivity index (χ1v) is 8.52. The van der Waals surface area contributed by atoms with E-state index in [0.29, 0.717) is 12.0 Å². The average molecular weight is 305 g/mol. The molecule has 0 radical (unpaired) electrons. The number of nitrogens with zero attached hydrogens (tertiary/aromatic N) is 2. The molecule has 2 aliphatic heterocycles. The van der Waals surface area contributed by atoms with Crippen molar-refractivity contribution in [1.82, 2.24) is 5.32 Å². The van der Waals surface area contributed by atoms with Crippen molar-refractivity contribution in [3.63, 3.8) is 0 Å². The maximum Gasteiger partial charge on any atom is 0.0856 e. The Morgan fingerprint density at radius 1 is 1.04 bits per heavy atom. The molecule has 1 fully saturated rings. The van der Waals surface area contributed by atoms with Crippen LogP contribution in [0.4, 0.5) is 5.69 Å². The third-order valence-electron chi connectivity index (χ3n) is 4.90. The highest BCUT2D eigenvalue weighted by Crippen LogP contribution is 2.41. The van der Waals surface area contributed by atoms with Crippen molar-refractivity contribution in [3.05, 3.63) is 65.7 Å². The van der Waals surface area contributed by atoms with Crippen molar-refractivity contribution in [3.8, 4) is 0 Å². The fourth-order valence-corrected chi connectivity index (χ4v) is 3.81. The molecule has 23 heavy (non-hydrogen) atoms. The largest absolute Gasteiger partial charge is 0.316 e. The van der Waals surface area contributed by atoms with Crippen LogP contribution in [0.25, 0.3) is 0 Å². The summed E-state index contributed by atoms with van der Waals surface area (Å²) in [5, 5.41) is 10.8. The number of nitrogens with one attached hydrogen (secondary N) is 1. The van der Waals surface area contributed by atoms with Gasteiger partial charge in [-0.3, -0.25) is 5.01 Å². The summed E-state index contributed by atoms with van der Waals surface area (Å²) in [6.45, 7) is 4.29. The van der Waals surface area contributed by atoms with E-state index in [4.69, 9.17) is 5.10 Å². The highest BCUT2D eigenvalue weighted by molar-refractivity contribution is 5.91. The van der Waals surface area contributed by atoms with E-state index in [1.54, 1.807) is 0 Å². The first kappa shape index (κ1) is 14.5. The molecule has 2 aromatic rings. The third kappa shape index (κ3) is 2.77. The van der Waals surface area contributed by atoms with Gasteiger partial charge in [-0.2, -0.15) is 5.10 Å². The van der Waals surface area contributed by atoms with Crippen molar-refractivity contribution >= 4 is 11.4 Å². The number of hydrazone groups is 1. The lowest BCUT2D eigenvalue weighted by molar-refractivity contribution is 0.509. The number of fused-ring (bicyclic) bond motifs is 1. The van der Waals surface area contributed by atoms with Crippen molar-refractivity contribution in [2.45, 2.75) is 25.8 Å². The minimum atomic E-state index is 0.312. The Kier molecular flexibility index (Phi) is 3.88. The number of hydrogen-bond donors (Lipinski definition) is 1. The topological polar surface area (TPSA) is 27.6 Å². The monoisotopic (exact) mass is 305 g/mol. The maximum absolute atomic E-state index is 5.04. The fraction of sp³-hybridized carbons (Fsp3) is 0.350. The summed E-state index contributed by atoms with van der Waals surface area (Å²) in [5.74, 6) is 0.506. The molecule has 2 unspecified atom stereocenters. The molecule has 0 aliphatic carbocycles. The lowest BCUT2D eigenvalue weighted by Gasteiger charge is -2.28. The number of para-hydroxylation sites is 1. The van der Waals surface area contributed by atoms with Crippen LogP contribution >= 0.6 is 0 Å². The summed E-state index contributed by atoms with van der Waals surface area (Å²) in [6, 6.07) is 19.8. The van der Waals surface area contributed by atoms with Crippen LogP contribution in [0.15, 0.2) is 59.7 Å². The van der Waals surface area contributed by atoms with Gasteiger partial charge in [-0.25, -0.2) is 0 Å². The van der Waals surface area contributed by atoms with Gasteiger partial charge in [0.1, 0.15) is 0 Å². The highest BCUT2D eigenvalue weighted by atomic mass is 15.5. The summed E-state index contributed by atoms with van der Waals surface area (Å²) >= 11 is 0. The number of rotatable bonds is 2. The van der Waals surface area contributed by atoms with E-state index < -0.39 is 0 Å². The van der Waals surface area contributed by atoms with Crippen molar-refractivity contribution in [2.24, 2.45) is 11.0 Å². The second-order valence-corrected chi connectivity index (χ2v) is 6.53. The highest BCUT2D eigenvalue weighted by Gasteiger charge is 2.39. The van der Waals surface area contributed by atoms with E-state index in [1.807, 2.05) is 0 Å². The molecule has 4 rings (SSSR count). The van der Waals surface area contributed by atoms with Crippen molar-refractivity contribution in [1.29, 1.82) is 0 Å². The van der Waals surface area contributed by atoms with Gasteiger partial charge in [0, 0.05) is 24.6 Å². The molecule has 0 spiro atoms. The van der Waals surface area contributed by atoms with Gasteiger partial charge in [-0.15, -0.1) is 0 Å². The summed E-state index contributed by atoms with van der Waals surface area (Å²) in [6.07, 6.45) is 2.21. The van der Waals surface area contributed by atoms with Gasteiger partial charge in [-0.05, 0) is 37.6 Å². The lowest BCUT2D eigenvalue weighted by Crippen LogP contribution is -2.26. The van der Waals surface area contributed by atoms with E-state index in [2.05, 4.69) is 71.8 Å². The van der Waals surface area contributed by atoms with Gasteiger partial charge in [0.05, 0.1) is 11.7 Å². The number of hydrogen-bond acceptors (Lipinski definition) is 3. The van der Waals surface area contributed by atoms with Crippen LogP contribution in [0.1, 0.15) is 30.0 Å². The number of anilines is 1. The number of benzene rings is 2. The SMILES string of the molecule is Cc1cccc(C2C3CCNCCC3=NN2c2ccccc2)c1. The zero-order valence-corrected chi connectivity index (χ0v) is 13.6. The van der Waals surface area contributed by atoms with E-state index in [9.17, 15) is 0 Å². The Morgan fingerprint density at radius 2 is 1.91 bits per heavy atom. The van der Waals surface area contributed by atoms with Gasteiger partial charge in [0.2, 0.25) is 0 Å². The Bertz CT molecular complexity index is 708. The smallest absolute Gasteiger partial charge is 0.0856 e. The molecule has 3 heteroatoms. The molecule has 2 atom stereocenters. The van der Waals surface area contributed by atoms with Gasteiger partial charge < -0.3 is 5.32 Å². The minimum Gasteiger partial charge on any atom is -0.316 e. The van der Waals surface area contributed by atoms with Crippen LogP contribution in [-0.2, 0) is 0 Å². The molecule has 1 N–H and O–H groups in total. The number of aryl methyl sites for hydroxylation is 1. The predicted octanol–water partition coefficient (Wildman–Crippen LogP) is 3.91. The zero-order chi connectivity index (χ0) is 15.6. The summed E-state index contributed by atoms with van der Waals surface area (Å²) < 4.78 is 0. The molecule has 0 amide bonds. The molecule has 1 saturated heterocycles. The van der Waals surface area contributed by atoms with E-state index in [-0.39, 0.29) is 0 Å². The summed E-state index contributed by atoms with van der Waals surface area (Å²) in [7, 11) is 0. The molecule has 2 aliphatic rings. The molecule has 3 nitrogen and oxygen atoms in total. The molecular formula is C20H23N3. The molecule has 2 aromatic carbocycles. The van der Waals surface area contributed by atoms with Crippen molar-refractivity contribution in [2.75, 3.05) is 18.1 Å². The van der Waals surface area contributed by atoms with Crippen LogP contribution in [0.5, 0.6) is 0 Å². The standard InChI is InChI=1S/C20H23N3/c1-15-6-5-7-16(14-15)20-18-10-12-21-13-11-19(18)22-23(20)17-8-3-2-4-9-17/h2-9,14,18,20-21H,10-13H2,1H3. The molecule has 2 heterocycles. The minimum absolute atomic E-state index is 0.312. The molecule has 118 valence electrons. The van der Waals surface area contributed by atoms with Crippen molar-refractivity contribution < 1.29 is 0 Å².